The fourth-order valence-corrected chi connectivity index (χ4v) is 4.74. The highest BCUT2D eigenvalue weighted by Crippen LogP contribution is 2.42. The predicted molar refractivity (Wildman–Crippen MR) is 119 cm³/mol. The first kappa shape index (κ1) is 21.2. The molecule has 33 heavy (non-hydrogen) atoms. The first-order chi connectivity index (χ1) is 16.1. The number of furan rings is 1. The normalized spacial score (nSPS) is 22.7. The largest absolute Gasteiger partial charge is 0.497 e. The van der Waals surface area contributed by atoms with Crippen LogP contribution in [0.3, 0.4) is 0 Å². The van der Waals surface area contributed by atoms with E-state index in [-0.39, 0.29) is 24.3 Å². The van der Waals surface area contributed by atoms with E-state index in [4.69, 9.17) is 13.9 Å². The van der Waals surface area contributed by atoms with E-state index < -0.39 is 5.60 Å². The molecule has 0 aliphatic carbocycles. The molecule has 2 aliphatic rings. The number of carbonyl (C=O) groups is 2. The monoisotopic (exact) mass is 447 g/mol. The maximum atomic E-state index is 13.9. The van der Waals surface area contributed by atoms with Crippen molar-refractivity contribution >= 4 is 11.8 Å². The average molecular weight is 447 g/mol. The summed E-state index contributed by atoms with van der Waals surface area (Å²) in [6, 6.07) is 13.1. The number of hydrogen-bond acceptors (Lipinski definition) is 6. The average Bonchev–Trinajstić information content (AvgIpc) is 3.52. The van der Waals surface area contributed by atoms with Crippen LogP contribution in [-0.2, 0) is 16.1 Å². The van der Waals surface area contributed by atoms with Gasteiger partial charge in [-0.25, -0.2) is 0 Å². The Kier molecular flexibility index (Phi) is 5.60. The Morgan fingerprint density at radius 3 is 2.79 bits per heavy atom. The number of methoxy groups -OCH3 is 1. The highest BCUT2D eigenvalue weighted by molar-refractivity contribution is 5.96. The van der Waals surface area contributed by atoms with Gasteiger partial charge < -0.3 is 23.7 Å². The third kappa shape index (κ3) is 3.87. The highest BCUT2D eigenvalue weighted by atomic mass is 16.5. The second-order valence-electron chi connectivity index (χ2n) is 8.35. The van der Waals surface area contributed by atoms with Gasteiger partial charge in [0, 0.05) is 37.9 Å². The fourth-order valence-electron chi connectivity index (χ4n) is 4.74. The van der Waals surface area contributed by atoms with E-state index in [0.717, 1.165) is 16.9 Å². The topological polar surface area (TPSA) is 85.1 Å². The Labute approximate surface area is 191 Å². The second-order valence-corrected chi connectivity index (χ2v) is 8.35. The number of hydrogen-bond donors (Lipinski definition) is 0. The van der Waals surface area contributed by atoms with E-state index in [1.807, 2.05) is 41.3 Å². The molecule has 2 aromatic heterocycles. The van der Waals surface area contributed by atoms with Crippen LogP contribution in [0.4, 0.5) is 0 Å². The summed E-state index contributed by atoms with van der Waals surface area (Å²) in [5.74, 6) is 0.150. The standard InChI is InChI=1S/C25H25N3O5/c1-31-21-6-4-18(5-7-21)14-27-10-12-33-25(24(27)30)17-28(23(29)20-8-11-32-16-20)15-22(25)19-3-2-9-26-13-19/h2-9,11,13,16,22H,10,12,14-15,17H2,1H3/t22-,25+/m0/s1. The lowest BCUT2D eigenvalue weighted by molar-refractivity contribution is -0.172. The van der Waals surface area contributed by atoms with Crippen molar-refractivity contribution < 1.29 is 23.5 Å². The van der Waals surface area contributed by atoms with Gasteiger partial charge in [-0.05, 0) is 35.4 Å². The summed E-state index contributed by atoms with van der Waals surface area (Å²) in [5, 5.41) is 0. The molecule has 0 bridgehead atoms. The number of benzene rings is 1. The van der Waals surface area contributed by atoms with E-state index in [9.17, 15) is 9.59 Å². The van der Waals surface area contributed by atoms with Crippen LogP contribution < -0.4 is 4.74 Å². The van der Waals surface area contributed by atoms with Crippen LogP contribution in [0.15, 0.2) is 71.8 Å². The zero-order chi connectivity index (χ0) is 22.8. The molecule has 170 valence electrons. The molecule has 0 saturated carbocycles. The molecule has 5 rings (SSSR count). The molecule has 3 aromatic rings. The SMILES string of the molecule is COc1ccc(CN2CCO[C@@]3(CN(C(=O)c4ccoc4)C[C@H]3c3cccnc3)C2=O)cc1. The molecular formula is C25H25N3O5. The molecule has 1 spiro atoms. The maximum absolute atomic E-state index is 13.9. The minimum absolute atomic E-state index is 0.110. The summed E-state index contributed by atoms with van der Waals surface area (Å²) in [6.07, 6.45) is 6.33. The third-order valence-corrected chi connectivity index (χ3v) is 6.44. The van der Waals surface area contributed by atoms with Crippen molar-refractivity contribution in [2.24, 2.45) is 0 Å². The molecule has 2 amide bonds. The van der Waals surface area contributed by atoms with Crippen LogP contribution in [0.2, 0.25) is 0 Å². The van der Waals surface area contributed by atoms with Crippen LogP contribution in [0.25, 0.3) is 0 Å². The Balaban J connectivity index is 1.45. The van der Waals surface area contributed by atoms with Crippen LogP contribution >= 0.6 is 0 Å². The summed E-state index contributed by atoms with van der Waals surface area (Å²) in [5.41, 5.74) is 1.17. The molecule has 8 heteroatoms. The molecule has 4 heterocycles. The minimum Gasteiger partial charge on any atom is -0.497 e. The first-order valence-corrected chi connectivity index (χ1v) is 10.9. The molecule has 2 saturated heterocycles. The van der Waals surface area contributed by atoms with Crippen molar-refractivity contribution in [1.82, 2.24) is 14.8 Å². The van der Waals surface area contributed by atoms with Gasteiger partial charge in [-0.3, -0.25) is 14.6 Å². The predicted octanol–water partition coefficient (Wildman–Crippen LogP) is 2.72. The summed E-state index contributed by atoms with van der Waals surface area (Å²) in [7, 11) is 1.62. The summed E-state index contributed by atoms with van der Waals surface area (Å²) in [4.78, 5) is 34.8. The molecular weight excluding hydrogens is 422 g/mol. The Bertz CT molecular complexity index is 1120. The van der Waals surface area contributed by atoms with Gasteiger partial charge in [0.2, 0.25) is 0 Å². The Morgan fingerprint density at radius 2 is 2.09 bits per heavy atom. The number of morpholine rings is 1. The van der Waals surface area contributed by atoms with Crippen LogP contribution in [-0.4, -0.2) is 65.6 Å². The van der Waals surface area contributed by atoms with E-state index in [1.54, 1.807) is 30.5 Å². The molecule has 2 fully saturated rings. The van der Waals surface area contributed by atoms with Crippen LogP contribution in [0.1, 0.15) is 27.4 Å². The second kappa shape index (κ2) is 8.71. The van der Waals surface area contributed by atoms with Gasteiger partial charge in [0.15, 0.2) is 5.60 Å². The summed E-state index contributed by atoms with van der Waals surface area (Å²) >= 11 is 0. The van der Waals surface area contributed by atoms with E-state index in [1.165, 1.54) is 12.5 Å². The van der Waals surface area contributed by atoms with Crippen molar-refractivity contribution in [3.63, 3.8) is 0 Å². The Morgan fingerprint density at radius 1 is 1.24 bits per heavy atom. The molecule has 1 aromatic carbocycles. The number of amides is 2. The Hall–Kier alpha value is -3.65. The fraction of sp³-hybridized carbons (Fsp3) is 0.320. The van der Waals surface area contributed by atoms with Gasteiger partial charge in [-0.15, -0.1) is 0 Å². The number of ether oxygens (including phenoxy) is 2. The summed E-state index contributed by atoms with van der Waals surface area (Å²) < 4.78 is 16.6. The highest BCUT2D eigenvalue weighted by Gasteiger charge is 2.58. The molecule has 0 radical (unpaired) electrons. The van der Waals surface area contributed by atoms with Crippen molar-refractivity contribution in [1.29, 1.82) is 0 Å². The third-order valence-electron chi connectivity index (χ3n) is 6.44. The van der Waals surface area contributed by atoms with Gasteiger partial charge in [0.25, 0.3) is 11.8 Å². The number of nitrogens with zero attached hydrogens (tertiary/aromatic N) is 3. The molecule has 0 unspecified atom stereocenters. The quantitative estimate of drug-likeness (QED) is 0.598. The molecule has 0 N–H and O–H groups in total. The lowest BCUT2D eigenvalue weighted by atomic mass is 9.83. The lowest BCUT2D eigenvalue weighted by Gasteiger charge is -2.42. The number of aromatic nitrogens is 1. The zero-order valence-corrected chi connectivity index (χ0v) is 18.3. The van der Waals surface area contributed by atoms with Crippen LogP contribution in [0.5, 0.6) is 5.75 Å². The van der Waals surface area contributed by atoms with Gasteiger partial charge in [0.05, 0.1) is 32.1 Å². The molecule has 8 nitrogen and oxygen atoms in total. The van der Waals surface area contributed by atoms with Crippen molar-refractivity contribution in [2.45, 2.75) is 18.1 Å². The van der Waals surface area contributed by atoms with Crippen molar-refractivity contribution in [3.05, 3.63) is 84.1 Å². The van der Waals surface area contributed by atoms with Gasteiger partial charge in [0.1, 0.15) is 12.0 Å². The van der Waals surface area contributed by atoms with E-state index >= 15 is 0 Å². The lowest BCUT2D eigenvalue weighted by Crippen LogP contribution is -2.60. The summed E-state index contributed by atoms with van der Waals surface area (Å²) in [6.45, 7) is 1.88. The number of rotatable bonds is 5. The zero-order valence-electron chi connectivity index (χ0n) is 18.3. The van der Waals surface area contributed by atoms with Crippen molar-refractivity contribution in [2.75, 3.05) is 33.4 Å². The van der Waals surface area contributed by atoms with E-state index in [2.05, 4.69) is 4.98 Å². The van der Waals surface area contributed by atoms with Gasteiger partial charge in [-0.1, -0.05) is 18.2 Å². The molecule has 2 aliphatic heterocycles. The first-order valence-electron chi connectivity index (χ1n) is 10.9. The van der Waals surface area contributed by atoms with E-state index in [0.29, 0.717) is 31.8 Å². The molecule has 2 atom stereocenters. The maximum Gasteiger partial charge on any atom is 0.257 e. The minimum atomic E-state index is -1.16. The number of pyridine rings is 1. The van der Waals surface area contributed by atoms with Crippen molar-refractivity contribution in [3.8, 4) is 5.75 Å². The smallest absolute Gasteiger partial charge is 0.257 e. The number of carbonyl (C=O) groups excluding carboxylic acids is 2. The number of likely N-dealkylation sites (tertiary alicyclic amines) is 1. The van der Waals surface area contributed by atoms with Crippen LogP contribution in [0, 0.1) is 0 Å². The van der Waals surface area contributed by atoms with Gasteiger partial charge in [-0.2, -0.15) is 0 Å². The van der Waals surface area contributed by atoms with Gasteiger partial charge >= 0.3 is 0 Å².